The van der Waals surface area contributed by atoms with Crippen LogP contribution in [-0.2, 0) is 9.53 Å². The lowest BCUT2D eigenvalue weighted by atomic mass is 10.0. The maximum absolute atomic E-state index is 12.4. The van der Waals surface area contributed by atoms with E-state index in [0.717, 1.165) is 11.0 Å². The van der Waals surface area contributed by atoms with Crippen LogP contribution in [0.1, 0.15) is 18.1 Å². The van der Waals surface area contributed by atoms with Crippen LogP contribution in [-0.4, -0.2) is 28.6 Å². The maximum atomic E-state index is 12.4. The van der Waals surface area contributed by atoms with Gasteiger partial charge in [-0.25, -0.2) is 10.3 Å². The highest BCUT2D eigenvalue weighted by Crippen LogP contribution is 2.38. The molecular formula is C19H18Br2N2O5S. The number of hydrogen-bond donors (Lipinski definition) is 4. The molecule has 1 atom stereocenters. The molecule has 0 heterocycles. The predicted octanol–water partition coefficient (Wildman–Crippen LogP) is 5.38. The fraction of sp³-hybridized carbons (Fsp3) is 0.158. The second-order valence-corrected chi connectivity index (χ2v) is 8.34. The highest BCUT2D eigenvalue weighted by molar-refractivity contribution is 9.11. The number of hydroxylamine groups is 1. The van der Waals surface area contributed by atoms with Gasteiger partial charge in [0.05, 0.1) is 4.47 Å². The molecule has 2 aromatic rings. The summed E-state index contributed by atoms with van der Waals surface area (Å²) in [6.45, 7) is 0. The van der Waals surface area contributed by atoms with E-state index in [2.05, 4.69) is 37.2 Å². The number of nitrogens with one attached hydrogen (secondary N) is 2. The van der Waals surface area contributed by atoms with Crippen molar-refractivity contribution in [2.75, 3.05) is 11.6 Å². The van der Waals surface area contributed by atoms with E-state index in [-0.39, 0.29) is 12.2 Å². The van der Waals surface area contributed by atoms with Crippen LogP contribution in [0.5, 0.6) is 5.75 Å². The van der Waals surface area contributed by atoms with E-state index < -0.39 is 18.1 Å². The van der Waals surface area contributed by atoms with Gasteiger partial charge in [0.15, 0.2) is 0 Å². The van der Waals surface area contributed by atoms with Crippen molar-refractivity contribution in [1.29, 1.82) is 0 Å². The van der Waals surface area contributed by atoms with E-state index >= 15 is 0 Å². The highest BCUT2D eigenvalue weighted by Gasteiger charge is 2.21. The van der Waals surface area contributed by atoms with E-state index in [1.807, 2.05) is 18.4 Å². The molecule has 0 fully saturated rings. The van der Waals surface area contributed by atoms with Gasteiger partial charge in [0.25, 0.3) is 5.91 Å². The summed E-state index contributed by atoms with van der Waals surface area (Å²) in [6, 6.07) is 10.5. The summed E-state index contributed by atoms with van der Waals surface area (Å²) in [5, 5.41) is 21.6. The number of amides is 2. The van der Waals surface area contributed by atoms with Crippen molar-refractivity contribution < 1.29 is 24.6 Å². The smallest absolute Gasteiger partial charge is 0.412 e. The Hall–Kier alpha value is -2.01. The molecule has 0 saturated carbocycles. The molecule has 4 N–H and O–H groups in total. The number of rotatable bonds is 7. The number of thioether (sulfide) groups is 1. The number of aromatic hydroxyl groups is 1. The number of hydrogen-bond acceptors (Lipinski definition) is 6. The molecule has 0 unspecified atom stereocenters. The number of carbonyl (C=O) groups excluding carboxylic acids is 2. The number of benzene rings is 2. The van der Waals surface area contributed by atoms with Crippen LogP contribution in [0.15, 0.2) is 62.4 Å². The summed E-state index contributed by atoms with van der Waals surface area (Å²) in [5.41, 5.74) is 2.38. The summed E-state index contributed by atoms with van der Waals surface area (Å²) >= 11 is 8.17. The summed E-state index contributed by atoms with van der Waals surface area (Å²) in [4.78, 5) is 24.6. The Morgan fingerprint density at radius 1 is 1.24 bits per heavy atom. The first kappa shape index (κ1) is 23.3. The standard InChI is InChI=1S/C19H18Br2N2O5S/c1-29-13-7-5-12(6-8-13)22-19(26)28-16(3-2-4-17(24)23-27)14-9-11(20)10-15(21)18(14)25/h2,4-10,16,25,27H,3H2,1H3,(H,22,26)(H,23,24)/b4-2+/t16-/m1/s1. The van der Waals surface area contributed by atoms with E-state index in [9.17, 15) is 14.7 Å². The zero-order valence-corrected chi connectivity index (χ0v) is 19.2. The first-order valence-corrected chi connectivity index (χ1v) is 11.0. The Labute approximate surface area is 188 Å². The summed E-state index contributed by atoms with van der Waals surface area (Å²) in [7, 11) is 0. The SMILES string of the molecule is CSc1ccc(NC(=O)O[C@H](C/C=C/C(=O)NO)c2cc(Br)cc(Br)c2O)cc1. The number of phenolic OH excluding ortho intramolecular Hbond substituents is 1. The fourth-order valence-corrected chi connectivity index (χ4v) is 4.02. The molecule has 154 valence electrons. The first-order valence-electron chi connectivity index (χ1n) is 8.24. The van der Waals surface area contributed by atoms with Gasteiger partial charge < -0.3 is 9.84 Å². The second kappa shape index (κ2) is 11.2. The predicted molar refractivity (Wildman–Crippen MR) is 118 cm³/mol. The second-order valence-electron chi connectivity index (χ2n) is 5.69. The quantitative estimate of drug-likeness (QED) is 0.161. The molecule has 0 saturated heterocycles. The van der Waals surface area contributed by atoms with E-state index in [0.29, 0.717) is 20.2 Å². The van der Waals surface area contributed by atoms with Gasteiger partial charge in [0.2, 0.25) is 0 Å². The molecule has 2 amide bonds. The molecule has 0 radical (unpaired) electrons. The lowest BCUT2D eigenvalue weighted by Gasteiger charge is -2.19. The Bertz CT molecular complexity index is 906. The van der Waals surface area contributed by atoms with Crippen LogP contribution < -0.4 is 10.8 Å². The minimum Gasteiger partial charge on any atom is -0.506 e. The van der Waals surface area contributed by atoms with Crippen molar-refractivity contribution in [2.24, 2.45) is 0 Å². The molecule has 2 aromatic carbocycles. The van der Waals surface area contributed by atoms with Gasteiger partial charge in [-0.1, -0.05) is 22.0 Å². The molecular weight excluding hydrogens is 528 g/mol. The van der Waals surface area contributed by atoms with Gasteiger partial charge in [-0.05, 0) is 58.6 Å². The van der Waals surface area contributed by atoms with Crippen LogP contribution in [0.2, 0.25) is 0 Å². The number of ether oxygens (including phenoxy) is 1. The zero-order valence-electron chi connectivity index (χ0n) is 15.2. The highest BCUT2D eigenvalue weighted by atomic mass is 79.9. The topological polar surface area (TPSA) is 108 Å². The van der Waals surface area contributed by atoms with Crippen molar-refractivity contribution in [1.82, 2.24) is 5.48 Å². The Kier molecular flexibility index (Phi) is 9.02. The zero-order chi connectivity index (χ0) is 21.4. The molecule has 0 bridgehead atoms. The third-order valence-electron chi connectivity index (χ3n) is 3.72. The maximum Gasteiger partial charge on any atom is 0.412 e. The lowest BCUT2D eigenvalue weighted by molar-refractivity contribution is -0.124. The van der Waals surface area contributed by atoms with Crippen molar-refractivity contribution in [3.63, 3.8) is 0 Å². The molecule has 0 spiro atoms. The van der Waals surface area contributed by atoms with E-state index in [4.69, 9.17) is 9.94 Å². The minimum atomic E-state index is -0.892. The Balaban J connectivity index is 2.21. The molecule has 0 aliphatic heterocycles. The van der Waals surface area contributed by atoms with Crippen molar-refractivity contribution in [3.8, 4) is 5.75 Å². The van der Waals surface area contributed by atoms with Crippen molar-refractivity contribution >= 4 is 61.3 Å². The Morgan fingerprint density at radius 3 is 2.55 bits per heavy atom. The molecule has 0 aromatic heterocycles. The van der Waals surface area contributed by atoms with Gasteiger partial charge in [-0.2, -0.15) is 0 Å². The molecule has 0 aliphatic rings. The van der Waals surface area contributed by atoms with Crippen molar-refractivity contribution in [3.05, 3.63) is 63.1 Å². The van der Waals surface area contributed by atoms with Crippen LogP contribution in [0, 0.1) is 0 Å². The largest absolute Gasteiger partial charge is 0.506 e. The number of anilines is 1. The number of phenols is 1. The molecule has 7 nitrogen and oxygen atoms in total. The third-order valence-corrected chi connectivity index (χ3v) is 5.53. The Morgan fingerprint density at radius 2 is 1.93 bits per heavy atom. The fourth-order valence-electron chi connectivity index (χ4n) is 2.36. The van der Waals surface area contributed by atoms with Crippen LogP contribution >= 0.6 is 43.6 Å². The van der Waals surface area contributed by atoms with Gasteiger partial charge in [0.1, 0.15) is 11.9 Å². The van der Waals surface area contributed by atoms with E-state index in [1.165, 1.54) is 11.6 Å². The molecule has 10 heteroatoms. The molecule has 0 aliphatic carbocycles. The number of halogens is 2. The third kappa shape index (κ3) is 7.07. The average Bonchev–Trinajstić information content (AvgIpc) is 2.70. The average molecular weight is 546 g/mol. The normalized spacial score (nSPS) is 11.9. The van der Waals surface area contributed by atoms with Gasteiger partial charge in [-0.15, -0.1) is 11.8 Å². The van der Waals surface area contributed by atoms with Crippen LogP contribution in [0.4, 0.5) is 10.5 Å². The monoisotopic (exact) mass is 544 g/mol. The van der Waals surface area contributed by atoms with Crippen molar-refractivity contribution in [2.45, 2.75) is 17.4 Å². The minimum absolute atomic E-state index is 0.0860. The van der Waals surface area contributed by atoms with Gasteiger partial charge >= 0.3 is 6.09 Å². The van der Waals surface area contributed by atoms with Gasteiger partial charge in [0, 0.05) is 33.1 Å². The van der Waals surface area contributed by atoms with E-state index in [1.54, 1.807) is 36.0 Å². The number of carbonyl (C=O) groups is 2. The summed E-state index contributed by atoms with van der Waals surface area (Å²) in [6.07, 6.45) is 2.95. The molecule has 2 rings (SSSR count). The van der Waals surface area contributed by atoms with Crippen LogP contribution in [0.25, 0.3) is 0 Å². The van der Waals surface area contributed by atoms with Crippen LogP contribution in [0.3, 0.4) is 0 Å². The lowest BCUT2D eigenvalue weighted by Crippen LogP contribution is -2.18. The first-order chi connectivity index (χ1) is 13.8. The summed E-state index contributed by atoms with van der Waals surface area (Å²) < 4.78 is 6.58. The summed E-state index contributed by atoms with van der Waals surface area (Å²) in [5.74, 6) is -0.808. The molecule has 29 heavy (non-hydrogen) atoms. The van der Waals surface area contributed by atoms with Gasteiger partial charge in [-0.3, -0.25) is 15.3 Å².